The van der Waals surface area contributed by atoms with Gasteiger partial charge in [0, 0.05) is 15.9 Å². The molecule has 70 valence electrons. The van der Waals surface area contributed by atoms with E-state index in [0.29, 0.717) is 13.0 Å². The van der Waals surface area contributed by atoms with Crippen LogP contribution in [0.2, 0.25) is 0 Å². The number of nitrogens with one attached hydrogen (secondary N) is 1. The first-order valence-corrected chi connectivity index (χ1v) is 5.48. The van der Waals surface area contributed by atoms with Crippen molar-refractivity contribution in [2.75, 3.05) is 6.54 Å². The van der Waals surface area contributed by atoms with Crippen molar-refractivity contribution < 1.29 is 4.79 Å². The Morgan fingerprint density at radius 1 is 1.69 bits per heavy atom. The van der Waals surface area contributed by atoms with Gasteiger partial charge < -0.3 is 5.32 Å². The van der Waals surface area contributed by atoms with Gasteiger partial charge in [-0.3, -0.25) is 4.79 Å². The average molecular weight is 260 g/mol. The Bertz CT molecular complexity index is 295. The van der Waals surface area contributed by atoms with Crippen LogP contribution in [0.3, 0.4) is 0 Å². The molecular formula is C9H10BrNOS. The molecule has 1 heterocycles. The van der Waals surface area contributed by atoms with Crippen LogP contribution in [0.1, 0.15) is 4.88 Å². The maximum atomic E-state index is 11.2. The van der Waals surface area contributed by atoms with Gasteiger partial charge in [0.2, 0.25) is 5.91 Å². The molecule has 1 aromatic heterocycles. The zero-order chi connectivity index (χ0) is 9.68. The molecule has 0 saturated carbocycles. The first-order chi connectivity index (χ1) is 6.18. The molecule has 0 aromatic carbocycles. The molecular weight excluding hydrogens is 250 g/mol. The number of rotatable bonds is 4. The van der Waals surface area contributed by atoms with E-state index in [-0.39, 0.29) is 5.91 Å². The number of hydrogen-bond donors (Lipinski definition) is 1. The summed E-state index contributed by atoms with van der Waals surface area (Å²) in [5, 5.41) is 4.71. The zero-order valence-corrected chi connectivity index (χ0v) is 9.45. The van der Waals surface area contributed by atoms with Crippen molar-refractivity contribution in [3.63, 3.8) is 0 Å². The van der Waals surface area contributed by atoms with Crippen LogP contribution in [-0.2, 0) is 11.2 Å². The number of thiophene rings is 1. The van der Waals surface area contributed by atoms with E-state index >= 15 is 0 Å². The molecule has 0 fully saturated rings. The van der Waals surface area contributed by atoms with Crippen LogP contribution < -0.4 is 5.32 Å². The first-order valence-electron chi connectivity index (χ1n) is 3.81. The van der Waals surface area contributed by atoms with Crippen molar-refractivity contribution in [1.82, 2.24) is 5.32 Å². The Hall–Kier alpha value is -0.610. The molecule has 2 nitrogen and oxygen atoms in total. The molecule has 1 N–H and O–H groups in total. The van der Waals surface area contributed by atoms with Crippen LogP contribution in [0.4, 0.5) is 0 Å². The molecule has 0 radical (unpaired) electrons. The molecule has 0 aliphatic rings. The highest BCUT2D eigenvalue weighted by atomic mass is 79.9. The summed E-state index contributed by atoms with van der Waals surface area (Å²) >= 11 is 4.76. The highest BCUT2D eigenvalue weighted by Gasteiger charge is 2.02. The lowest BCUT2D eigenvalue weighted by Crippen LogP contribution is -2.25. The van der Waals surface area contributed by atoms with E-state index in [0.717, 1.165) is 9.36 Å². The van der Waals surface area contributed by atoms with Crippen molar-refractivity contribution >= 4 is 33.2 Å². The second-order valence-electron chi connectivity index (χ2n) is 2.55. The molecule has 0 atom stereocenters. The van der Waals surface area contributed by atoms with E-state index in [1.807, 2.05) is 17.5 Å². The molecule has 1 rings (SSSR count). The summed E-state index contributed by atoms with van der Waals surface area (Å²) < 4.78 is 0.784. The van der Waals surface area contributed by atoms with Gasteiger partial charge in [0.15, 0.2) is 0 Å². The van der Waals surface area contributed by atoms with Crippen LogP contribution in [0.15, 0.2) is 28.6 Å². The van der Waals surface area contributed by atoms with E-state index < -0.39 is 0 Å². The van der Waals surface area contributed by atoms with Crippen LogP contribution in [-0.4, -0.2) is 12.5 Å². The quantitative estimate of drug-likeness (QED) is 0.884. The Morgan fingerprint density at radius 3 is 3.00 bits per heavy atom. The predicted octanol–water partition coefficient (Wildman–Crippen LogP) is 2.32. The maximum absolute atomic E-state index is 11.2. The molecule has 0 unspecified atom stereocenters. The van der Waals surface area contributed by atoms with Crippen molar-refractivity contribution in [2.45, 2.75) is 6.42 Å². The number of carbonyl (C=O) groups excluding carboxylic acids is 1. The highest BCUT2D eigenvalue weighted by molar-refractivity contribution is 9.11. The lowest BCUT2D eigenvalue weighted by atomic mass is 10.3. The third kappa shape index (κ3) is 4.24. The first kappa shape index (κ1) is 10.5. The third-order valence-electron chi connectivity index (χ3n) is 1.39. The molecule has 4 heteroatoms. The summed E-state index contributed by atoms with van der Waals surface area (Å²) in [4.78, 5) is 12.3. The fraction of sp³-hybridized carbons (Fsp3) is 0.222. The van der Waals surface area contributed by atoms with Gasteiger partial charge >= 0.3 is 0 Å². The normalized spacial score (nSPS) is 9.62. The summed E-state index contributed by atoms with van der Waals surface area (Å²) in [6.45, 7) is 4.12. The molecule has 0 bridgehead atoms. The third-order valence-corrected chi connectivity index (χ3v) is 2.55. The minimum absolute atomic E-state index is 0.0306. The lowest BCUT2D eigenvalue weighted by molar-refractivity contribution is -0.120. The monoisotopic (exact) mass is 259 g/mol. The average Bonchev–Trinajstić information content (AvgIpc) is 2.53. The van der Waals surface area contributed by atoms with Crippen molar-refractivity contribution in [3.05, 3.63) is 33.5 Å². The van der Waals surface area contributed by atoms with E-state index in [4.69, 9.17) is 0 Å². The van der Waals surface area contributed by atoms with Gasteiger partial charge in [-0.25, -0.2) is 0 Å². The summed E-state index contributed by atoms with van der Waals surface area (Å²) in [5.41, 5.74) is 0. The Balaban J connectivity index is 2.30. The van der Waals surface area contributed by atoms with Gasteiger partial charge in [0.1, 0.15) is 0 Å². The smallest absolute Gasteiger partial charge is 0.225 e. The SMILES string of the molecule is C=C(Br)CNC(=O)Cc1cccs1. The number of carbonyl (C=O) groups is 1. The molecule has 0 aliphatic heterocycles. The molecule has 1 aromatic rings. The van der Waals surface area contributed by atoms with Gasteiger partial charge in [-0.1, -0.05) is 28.6 Å². The van der Waals surface area contributed by atoms with E-state index in [2.05, 4.69) is 27.8 Å². The summed E-state index contributed by atoms with van der Waals surface area (Å²) in [6.07, 6.45) is 0.456. The summed E-state index contributed by atoms with van der Waals surface area (Å²) in [5.74, 6) is 0.0306. The van der Waals surface area contributed by atoms with E-state index in [1.54, 1.807) is 11.3 Å². The van der Waals surface area contributed by atoms with Crippen molar-refractivity contribution in [1.29, 1.82) is 0 Å². The van der Waals surface area contributed by atoms with Crippen LogP contribution >= 0.6 is 27.3 Å². The van der Waals surface area contributed by atoms with Gasteiger partial charge in [0.05, 0.1) is 6.42 Å². The maximum Gasteiger partial charge on any atom is 0.225 e. The minimum atomic E-state index is 0.0306. The number of hydrogen-bond acceptors (Lipinski definition) is 2. The predicted molar refractivity (Wildman–Crippen MR) is 59.1 cm³/mol. The van der Waals surface area contributed by atoms with Gasteiger partial charge in [-0.05, 0) is 11.4 Å². The molecule has 1 amide bonds. The number of halogens is 1. The summed E-state index contributed by atoms with van der Waals surface area (Å²) in [6, 6.07) is 3.89. The topological polar surface area (TPSA) is 29.1 Å². The second-order valence-corrected chi connectivity index (χ2v) is 4.70. The lowest BCUT2D eigenvalue weighted by Gasteiger charge is -2.01. The second kappa shape index (κ2) is 5.19. The standard InChI is InChI=1S/C9H10BrNOS/c1-7(10)6-11-9(12)5-8-3-2-4-13-8/h2-4H,1,5-6H2,(H,11,12). The summed E-state index contributed by atoms with van der Waals surface area (Å²) in [7, 11) is 0. The fourth-order valence-corrected chi connectivity index (χ4v) is 1.67. The van der Waals surface area contributed by atoms with Gasteiger partial charge in [-0.15, -0.1) is 11.3 Å². The van der Waals surface area contributed by atoms with Crippen LogP contribution in [0.25, 0.3) is 0 Å². The van der Waals surface area contributed by atoms with Gasteiger partial charge in [-0.2, -0.15) is 0 Å². The zero-order valence-electron chi connectivity index (χ0n) is 7.05. The molecule has 0 saturated heterocycles. The highest BCUT2D eigenvalue weighted by Crippen LogP contribution is 2.08. The molecule has 0 aliphatic carbocycles. The van der Waals surface area contributed by atoms with Crippen LogP contribution in [0, 0.1) is 0 Å². The van der Waals surface area contributed by atoms with Crippen molar-refractivity contribution in [3.8, 4) is 0 Å². The molecule has 0 spiro atoms. The number of amides is 1. The van der Waals surface area contributed by atoms with Gasteiger partial charge in [0.25, 0.3) is 0 Å². The Labute approximate surface area is 89.8 Å². The fourth-order valence-electron chi connectivity index (χ4n) is 0.828. The Kier molecular flexibility index (Phi) is 4.18. The largest absolute Gasteiger partial charge is 0.351 e. The van der Waals surface area contributed by atoms with E-state index in [9.17, 15) is 4.79 Å². The van der Waals surface area contributed by atoms with Crippen molar-refractivity contribution in [2.24, 2.45) is 0 Å². The Morgan fingerprint density at radius 2 is 2.46 bits per heavy atom. The molecule has 13 heavy (non-hydrogen) atoms. The van der Waals surface area contributed by atoms with E-state index in [1.165, 1.54) is 0 Å². The minimum Gasteiger partial charge on any atom is -0.351 e. The van der Waals surface area contributed by atoms with Crippen LogP contribution in [0.5, 0.6) is 0 Å².